The number of hydrogen-bond acceptors (Lipinski definition) is 4. The largest absolute Gasteiger partial charge is 0.467 e. The highest BCUT2D eigenvalue weighted by Crippen LogP contribution is 2.36. The number of methoxy groups -OCH3 is 1. The minimum Gasteiger partial charge on any atom is -0.467 e. The highest BCUT2D eigenvalue weighted by atomic mass is 32.1. The maximum Gasteiger partial charge on any atom is 0.331 e. The molecule has 0 aliphatic rings. The molecule has 4 heteroatoms. The molecule has 3 nitrogen and oxygen atoms in total. The molecule has 0 fully saturated rings. The van der Waals surface area contributed by atoms with Crippen molar-refractivity contribution in [1.29, 1.82) is 0 Å². The molecular weight excluding hydrogens is 234 g/mol. The Hall–Kier alpha value is -0.870. The molecule has 0 saturated carbocycles. The summed E-state index contributed by atoms with van der Waals surface area (Å²) in [5.74, 6) is -0.161. The third-order valence-electron chi connectivity index (χ3n) is 3.27. The van der Waals surface area contributed by atoms with Gasteiger partial charge in [0.25, 0.3) is 0 Å². The minimum absolute atomic E-state index is 0.161. The van der Waals surface area contributed by atoms with E-state index in [1.807, 2.05) is 24.4 Å². The molecule has 0 N–H and O–H groups in total. The van der Waals surface area contributed by atoms with Crippen molar-refractivity contribution in [2.45, 2.75) is 32.7 Å². The fourth-order valence-electron chi connectivity index (χ4n) is 2.37. The van der Waals surface area contributed by atoms with E-state index >= 15 is 0 Å². The normalized spacial score (nSPS) is 14.6. The molecule has 0 aliphatic carbocycles. The van der Waals surface area contributed by atoms with Gasteiger partial charge in [-0.05, 0) is 31.0 Å². The molecule has 0 radical (unpaired) electrons. The zero-order chi connectivity index (χ0) is 12.9. The Morgan fingerprint density at radius 3 is 2.41 bits per heavy atom. The van der Waals surface area contributed by atoms with Crippen LogP contribution in [0.4, 0.5) is 0 Å². The Labute approximate surface area is 107 Å². The Kier molecular flexibility index (Phi) is 5.15. The highest BCUT2D eigenvalue weighted by molar-refractivity contribution is 7.10. The van der Waals surface area contributed by atoms with E-state index < -0.39 is 5.54 Å². The molecule has 1 aromatic rings. The quantitative estimate of drug-likeness (QED) is 0.732. The van der Waals surface area contributed by atoms with Gasteiger partial charge in [0.05, 0.1) is 7.11 Å². The van der Waals surface area contributed by atoms with Gasteiger partial charge in [-0.15, -0.1) is 11.3 Å². The lowest BCUT2D eigenvalue weighted by Crippen LogP contribution is -2.51. The summed E-state index contributed by atoms with van der Waals surface area (Å²) < 4.78 is 5.04. The van der Waals surface area contributed by atoms with Crippen molar-refractivity contribution in [2.75, 3.05) is 20.2 Å². The summed E-state index contributed by atoms with van der Waals surface area (Å²) in [6, 6.07) is 4.00. The summed E-state index contributed by atoms with van der Waals surface area (Å²) in [6.07, 6.45) is 0.724. The van der Waals surface area contributed by atoms with Gasteiger partial charge in [-0.2, -0.15) is 0 Å². The number of thiophene rings is 1. The van der Waals surface area contributed by atoms with Crippen LogP contribution in [0.2, 0.25) is 0 Å². The van der Waals surface area contributed by atoms with E-state index in [1.165, 1.54) is 7.11 Å². The van der Waals surface area contributed by atoms with E-state index in [9.17, 15) is 4.79 Å². The fraction of sp³-hybridized carbons (Fsp3) is 0.615. The predicted octanol–water partition coefficient (Wildman–Crippen LogP) is 2.87. The second-order valence-corrected chi connectivity index (χ2v) is 4.80. The second-order valence-electron chi connectivity index (χ2n) is 3.86. The number of likely N-dealkylation sites (N-methyl/N-ethyl adjacent to an activating group) is 1. The van der Waals surface area contributed by atoms with E-state index in [0.29, 0.717) is 0 Å². The lowest BCUT2D eigenvalue weighted by Gasteiger charge is -2.39. The lowest BCUT2D eigenvalue weighted by molar-refractivity contribution is -0.156. The molecule has 0 spiro atoms. The first-order valence-corrected chi connectivity index (χ1v) is 6.92. The monoisotopic (exact) mass is 255 g/mol. The van der Waals surface area contributed by atoms with Crippen molar-refractivity contribution in [2.24, 2.45) is 0 Å². The topological polar surface area (TPSA) is 29.5 Å². The van der Waals surface area contributed by atoms with Crippen molar-refractivity contribution in [3.05, 3.63) is 22.4 Å². The van der Waals surface area contributed by atoms with Gasteiger partial charge in [0.2, 0.25) is 0 Å². The number of esters is 1. The summed E-state index contributed by atoms with van der Waals surface area (Å²) in [5.41, 5.74) is -0.619. The zero-order valence-electron chi connectivity index (χ0n) is 11.0. The van der Waals surface area contributed by atoms with Crippen LogP contribution in [0.25, 0.3) is 0 Å². The molecule has 0 saturated heterocycles. The van der Waals surface area contributed by atoms with Gasteiger partial charge in [-0.1, -0.05) is 26.8 Å². The first-order chi connectivity index (χ1) is 8.17. The average Bonchev–Trinajstić information content (AvgIpc) is 2.89. The van der Waals surface area contributed by atoms with Crippen molar-refractivity contribution in [3.63, 3.8) is 0 Å². The number of carbonyl (C=O) groups excluding carboxylic acids is 1. The molecular formula is C13H21NO2S. The van der Waals surface area contributed by atoms with Crippen LogP contribution in [0, 0.1) is 0 Å². The first kappa shape index (κ1) is 14.2. The summed E-state index contributed by atoms with van der Waals surface area (Å²) in [6.45, 7) is 7.85. The van der Waals surface area contributed by atoms with Crippen LogP contribution in [-0.2, 0) is 15.1 Å². The fourth-order valence-corrected chi connectivity index (χ4v) is 3.39. The Bertz CT molecular complexity index is 346. The van der Waals surface area contributed by atoms with Gasteiger partial charge >= 0.3 is 5.97 Å². The van der Waals surface area contributed by atoms with E-state index in [4.69, 9.17) is 4.74 Å². The molecule has 0 aliphatic heterocycles. The third-order valence-corrected chi connectivity index (χ3v) is 4.29. The number of nitrogens with zero attached hydrogens (tertiary/aromatic N) is 1. The van der Waals surface area contributed by atoms with Gasteiger partial charge in [-0.25, -0.2) is 4.79 Å². The van der Waals surface area contributed by atoms with Crippen molar-refractivity contribution >= 4 is 17.3 Å². The van der Waals surface area contributed by atoms with E-state index in [1.54, 1.807) is 11.3 Å². The van der Waals surface area contributed by atoms with Crippen molar-refractivity contribution in [1.82, 2.24) is 4.90 Å². The summed E-state index contributed by atoms with van der Waals surface area (Å²) >= 11 is 1.61. The van der Waals surface area contributed by atoms with Gasteiger partial charge in [-0.3, -0.25) is 4.90 Å². The molecule has 1 rings (SSSR count). The molecule has 1 atom stereocenters. The predicted molar refractivity (Wildman–Crippen MR) is 71.2 cm³/mol. The van der Waals surface area contributed by atoms with Crippen LogP contribution in [0.1, 0.15) is 32.1 Å². The molecule has 17 heavy (non-hydrogen) atoms. The molecule has 1 aromatic heterocycles. The van der Waals surface area contributed by atoms with Crippen LogP contribution < -0.4 is 0 Å². The summed E-state index contributed by atoms with van der Waals surface area (Å²) in [5, 5.41) is 2.01. The summed E-state index contributed by atoms with van der Waals surface area (Å²) in [4.78, 5) is 15.5. The van der Waals surface area contributed by atoms with Crippen LogP contribution in [0.15, 0.2) is 17.5 Å². The van der Waals surface area contributed by atoms with Crippen LogP contribution >= 0.6 is 11.3 Å². The maximum atomic E-state index is 12.3. The number of hydrogen-bond donors (Lipinski definition) is 0. The zero-order valence-corrected chi connectivity index (χ0v) is 11.8. The molecule has 0 aromatic carbocycles. The highest BCUT2D eigenvalue weighted by Gasteiger charge is 2.44. The molecule has 1 heterocycles. The number of carbonyl (C=O) groups is 1. The maximum absolute atomic E-state index is 12.3. The van der Waals surface area contributed by atoms with Crippen LogP contribution in [0.3, 0.4) is 0 Å². The van der Waals surface area contributed by atoms with Gasteiger partial charge in [0.1, 0.15) is 0 Å². The average molecular weight is 255 g/mol. The van der Waals surface area contributed by atoms with Crippen LogP contribution in [-0.4, -0.2) is 31.1 Å². The number of ether oxygens (including phenoxy) is 1. The molecule has 0 bridgehead atoms. The minimum atomic E-state index is -0.619. The second kappa shape index (κ2) is 6.17. The Morgan fingerprint density at radius 1 is 1.41 bits per heavy atom. The van der Waals surface area contributed by atoms with Gasteiger partial charge in [0, 0.05) is 4.88 Å². The van der Waals surface area contributed by atoms with E-state index in [-0.39, 0.29) is 5.97 Å². The smallest absolute Gasteiger partial charge is 0.331 e. The van der Waals surface area contributed by atoms with E-state index in [2.05, 4.69) is 18.7 Å². The summed E-state index contributed by atoms with van der Waals surface area (Å²) in [7, 11) is 1.46. The standard InChI is InChI=1S/C13H21NO2S/c1-5-13(12(15)16-4,14(6-2)7-3)11-9-8-10-17-11/h8-10H,5-7H2,1-4H3. The number of rotatable bonds is 6. The molecule has 96 valence electrons. The molecule has 1 unspecified atom stereocenters. The van der Waals surface area contributed by atoms with Crippen LogP contribution in [0.5, 0.6) is 0 Å². The third kappa shape index (κ3) is 2.38. The molecule has 0 amide bonds. The van der Waals surface area contributed by atoms with Gasteiger partial charge < -0.3 is 4.74 Å². The van der Waals surface area contributed by atoms with Gasteiger partial charge in [0.15, 0.2) is 5.54 Å². The Balaban J connectivity index is 3.28. The van der Waals surface area contributed by atoms with E-state index in [0.717, 1.165) is 24.4 Å². The SMILES string of the molecule is CCN(CC)C(CC)(C(=O)OC)c1cccs1. The first-order valence-electron chi connectivity index (χ1n) is 6.04. The van der Waals surface area contributed by atoms with Crippen molar-refractivity contribution < 1.29 is 9.53 Å². The van der Waals surface area contributed by atoms with Crippen molar-refractivity contribution in [3.8, 4) is 0 Å². The Morgan fingerprint density at radius 2 is 2.06 bits per heavy atom. The lowest BCUT2D eigenvalue weighted by atomic mass is 9.91.